The standard InChI is InChI=1S/C17H11ClN2/c18-13-9-15-14-8-12(11-4-2-1-3-5-11)6-7-16(14)20-17(15)19-10-13/h1-10H,(H,19,20). The average Bonchev–Trinajstić information content (AvgIpc) is 2.85. The quantitative estimate of drug-likeness (QED) is 0.519. The number of hydrogen-bond donors (Lipinski definition) is 1. The minimum Gasteiger partial charge on any atom is -0.339 e. The van der Waals surface area contributed by atoms with Crippen molar-refractivity contribution >= 4 is 33.5 Å². The van der Waals surface area contributed by atoms with Gasteiger partial charge in [0.05, 0.1) is 5.02 Å². The highest BCUT2D eigenvalue weighted by atomic mass is 35.5. The Kier molecular flexibility index (Phi) is 2.51. The Bertz CT molecular complexity index is 910. The molecule has 0 saturated carbocycles. The van der Waals surface area contributed by atoms with Crippen LogP contribution < -0.4 is 0 Å². The van der Waals surface area contributed by atoms with Crippen molar-refractivity contribution < 1.29 is 0 Å². The maximum Gasteiger partial charge on any atom is 0.138 e. The lowest BCUT2D eigenvalue weighted by Gasteiger charge is -2.01. The molecule has 4 aromatic rings. The topological polar surface area (TPSA) is 28.7 Å². The van der Waals surface area contributed by atoms with E-state index in [1.807, 2.05) is 24.3 Å². The number of aromatic nitrogens is 2. The molecule has 0 amide bonds. The number of hydrogen-bond acceptors (Lipinski definition) is 1. The SMILES string of the molecule is Clc1cnc2[nH]c3ccc(-c4ccccc4)cc3c2c1. The van der Waals surface area contributed by atoms with E-state index in [0.29, 0.717) is 5.02 Å². The lowest BCUT2D eigenvalue weighted by atomic mass is 10.0. The van der Waals surface area contributed by atoms with Gasteiger partial charge in [-0.2, -0.15) is 0 Å². The smallest absolute Gasteiger partial charge is 0.138 e. The van der Waals surface area contributed by atoms with Crippen LogP contribution in [0.3, 0.4) is 0 Å². The Morgan fingerprint density at radius 1 is 0.850 bits per heavy atom. The highest BCUT2D eigenvalue weighted by Gasteiger charge is 2.07. The first-order valence-corrected chi connectivity index (χ1v) is 6.81. The molecule has 0 radical (unpaired) electrons. The summed E-state index contributed by atoms with van der Waals surface area (Å²) in [6, 6.07) is 18.7. The molecule has 0 unspecified atom stereocenters. The molecule has 0 aliphatic heterocycles. The molecule has 2 aromatic heterocycles. The molecule has 0 aliphatic carbocycles. The zero-order chi connectivity index (χ0) is 13.5. The number of H-pyrrole nitrogens is 1. The van der Waals surface area contributed by atoms with Crippen molar-refractivity contribution in [3.05, 3.63) is 65.8 Å². The minimum absolute atomic E-state index is 0.656. The van der Waals surface area contributed by atoms with Crippen molar-refractivity contribution in [1.82, 2.24) is 9.97 Å². The first-order valence-electron chi connectivity index (χ1n) is 6.44. The molecule has 1 N–H and O–H groups in total. The van der Waals surface area contributed by atoms with E-state index in [4.69, 9.17) is 11.6 Å². The summed E-state index contributed by atoms with van der Waals surface area (Å²) < 4.78 is 0. The predicted octanol–water partition coefficient (Wildman–Crippen LogP) is 5.04. The van der Waals surface area contributed by atoms with Gasteiger partial charge in [0.25, 0.3) is 0 Å². The van der Waals surface area contributed by atoms with Crippen LogP contribution in [0.4, 0.5) is 0 Å². The van der Waals surface area contributed by atoms with Crippen LogP contribution in [0.15, 0.2) is 60.8 Å². The van der Waals surface area contributed by atoms with Crippen molar-refractivity contribution in [2.24, 2.45) is 0 Å². The predicted molar refractivity (Wildman–Crippen MR) is 84.0 cm³/mol. The monoisotopic (exact) mass is 278 g/mol. The van der Waals surface area contributed by atoms with Gasteiger partial charge in [0, 0.05) is 22.5 Å². The third kappa shape index (κ3) is 1.77. The summed E-state index contributed by atoms with van der Waals surface area (Å²) in [4.78, 5) is 7.65. The molecule has 0 fully saturated rings. The van der Waals surface area contributed by atoms with E-state index >= 15 is 0 Å². The van der Waals surface area contributed by atoms with E-state index in [1.165, 1.54) is 11.1 Å². The van der Waals surface area contributed by atoms with Crippen LogP contribution >= 0.6 is 11.6 Å². The van der Waals surface area contributed by atoms with Gasteiger partial charge in [-0.05, 0) is 29.3 Å². The third-order valence-corrected chi connectivity index (χ3v) is 3.73. The van der Waals surface area contributed by atoms with Crippen molar-refractivity contribution in [3.63, 3.8) is 0 Å². The Morgan fingerprint density at radius 3 is 2.55 bits per heavy atom. The fraction of sp³-hybridized carbons (Fsp3) is 0. The van der Waals surface area contributed by atoms with Crippen LogP contribution in [0.2, 0.25) is 5.02 Å². The van der Waals surface area contributed by atoms with Crippen LogP contribution in [-0.2, 0) is 0 Å². The molecule has 3 heteroatoms. The van der Waals surface area contributed by atoms with Crippen molar-refractivity contribution in [2.75, 3.05) is 0 Å². The van der Waals surface area contributed by atoms with Gasteiger partial charge in [-0.3, -0.25) is 0 Å². The van der Waals surface area contributed by atoms with Crippen LogP contribution in [0.25, 0.3) is 33.1 Å². The second-order valence-corrected chi connectivity index (χ2v) is 5.24. The fourth-order valence-corrected chi connectivity index (χ4v) is 2.72. The molecule has 96 valence electrons. The Hall–Kier alpha value is -2.32. The largest absolute Gasteiger partial charge is 0.339 e. The summed E-state index contributed by atoms with van der Waals surface area (Å²) in [5.41, 5.74) is 4.35. The Labute approximate surface area is 121 Å². The van der Waals surface area contributed by atoms with E-state index in [2.05, 4.69) is 40.3 Å². The van der Waals surface area contributed by atoms with Gasteiger partial charge in [0.2, 0.25) is 0 Å². The van der Waals surface area contributed by atoms with E-state index in [0.717, 1.165) is 21.9 Å². The molecule has 0 aliphatic rings. The van der Waals surface area contributed by atoms with Crippen molar-refractivity contribution in [1.29, 1.82) is 0 Å². The summed E-state index contributed by atoms with van der Waals surface area (Å²) >= 11 is 6.06. The summed E-state index contributed by atoms with van der Waals surface area (Å²) in [5, 5.41) is 2.87. The number of fused-ring (bicyclic) bond motifs is 3. The number of nitrogens with one attached hydrogen (secondary N) is 1. The van der Waals surface area contributed by atoms with Gasteiger partial charge < -0.3 is 4.98 Å². The number of benzene rings is 2. The molecule has 2 aromatic carbocycles. The lowest BCUT2D eigenvalue weighted by Crippen LogP contribution is -1.77. The normalized spacial score (nSPS) is 11.2. The molecule has 2 nitrogen and oxygen atoms in total. The van der Waals surface area contributed by atoms with Gasteiger partial charge in [0.15, 0.2) is 0 Å². The zero-order valence-corrected chi connectivity index (χ0v) is 11.4. The number of halogens is 1. The molecule has 0 spiro atoms. The maximum atomic E-state index is 6.06. The van der Waals surface area contributed by atoms with Gasteiger partial charge in [-0.15, -0.1) is 0 Å². The van der Waals surface area contributed by atoms with Gasteiger partial charge in [-0.25, -0.2) is 4.98 Å². The number of aromatic amines is 1. The molecular formula is C17H11ClN2. The van der Waals surface area contributed by atoms with E-state index in [9.17, 15) is 0 Å². The second kappa shape index (κ2) is 4.36. The van der Waals surface area contributed by atoms with Gasteiger partial charge in [-0.1, -0.05) is 48.0 Å². The van der Waals surface area contributed by atoms with Crippen LogP contribution in [0.1, 0.15) is 0 Å². The maximum absolute atomic E-state index is 6.06. The van der Waals surface area contributed by atoms with Crippen molar-refractivity contribution in [3.8, 4) is 11.1 Å². The van der Waals surface area contributed by atoms with E-state index in [-0.39, 0.29) is 0 Å². The number of pyridine rings is 1. The zero-order valence-electron chi connectivity index (χ0n) is 10.6. The number of rotatable bonds is 1. The van der Waals surface area contributed by atoms with E-state index in [1.54, 1.807) is 6.20 Å². The molecule has 0 atom stereocenters. The minimum atomic E-state index is 0.656. The first kappa shape index (κ1) is 11.5. The summed E-state index contributed by atoms with van der Waals surface area (Å²) in [7, 11) is 0. The second-order valence-electron chi connectivity index (χ2n) is 4.80. The molecule has 20 heavy (non-hydrogen) atoms. The highest BCUT2D eigenvalue weighted by Crippen LogP contribution is 2.30. The van der Waals surface area contributed by atoms with Crippen molar-refractivity contribution in [2.45, 2.75) is 0 Å². The molecule has 4 rings (SSSR count). The van der Waals surface area contributed by atoms with E-state index < -0.39 is 0 Å². The molecule has 0 bridgehead atoms. The number of nitrogens with zero attached hydrogens (tertiary/aromatic N) is 1. The molecule has 0 saturated heterocycles. The van der Waals surface area contributed by atoms with Crippen LogP contribution in [0, 0.1) is 0 Å². The first-order chi connectivity index (χ1) is 9.81. The van der Waals surface area contributed by atoms with Gasteiger partial charge in [0.1, 0.15) is 5.65 Å². The van der Waals surface area contributed by atoms with Crippen LogP contribution in [-0.4, -0.2) is 9.97 Å². The fourth-order valence-electron chi connectivity index (χ4n) is 2.56. The average molecular weight is 279 g/mol. The molecule has 2 heterocycles. The summed E-state index contributed by atoms with van der Waals surface area (Å²) in [5.74, 6) is 0. The Balaban J connectivity index is 2.03. The van der Waals surface area contributed by atoms with Crippen LogP contribution in [0.5, 0.6) is 0 Å². The Morgan fingerprint density at radius 2 is 1.70 bits per heavy atom. The summed E-state index contributed by atoms with van der Waals surface area (Å²) in [6.45, 7) is 0. The molecular weight excluding hydrogens is 268 g/mol. The highest BCUT2D eigenvalue weighted by molar-refractivity contribution is 6.31. The lowest BCUT2D eigenvalue weighted by molar-refractivity contribution is 1.35. The van der Waals surface area contributed by atoms with Gasteiger partial charge >= 0.3 is 0 Å². The summed E-state index contributed by atoms with van der Waals surface area (Å²) in [6.07, 6.45) is 1.66. The third-order valence-electron chi connectivity index (χ3n) is 3.52.